The summed E-state index contributed by atoms with van der Waals surface area (Å²) in [7, 11) is 0. The van der Waals surface area contributed by atoms with Crippen molar-refractivity contribution in [2.24, 2.45) is 5.92 Å². The predicted molar refractivity (Wildman–Crippen MR) is 106 cm³/mol. The Morgan fingerprint density at radius 3 is 2.85 bits per heavy atom. The fourth-order valence-corrected chi connectivity index (χ4v) is 4.00. The first-order valence-electron chi connectivity index (χ1n) is 9.71. The average molecular weight is 365 g/mol. The van der Waals surface area contributed by atoms with Gasteiger partial charge in [0.05, 0.1) is 13.2 Å². The summed E-state index contributed by atoms with van der Waals surface area (Å²) in [6, 6.07) is 16.5. The van der Waals surface area contributed by atoms with Gasteiger partial charge in [-0.1, -0.05) is 36.4 Å². The van der Waals surface area contributed by atoms with Gasteiger partial charge in [-0.2, -0.15) is 0 Å². The molecule has 2 atom stereocenters. The lowest BCUT2D eigenvalue weighted by Gasteiger charge is -2.22. The number of carbonyl (C=O) groups excluding carboxylic acids is 1. The number of anilines is 1. The lowest BCUT2D eigenvalue weighted by molar-refractivity contribution is 0.134. The van der Waals surface area contributed by atoms with E-state index in [4.69, 9.17) is 4.74 Å². The van der Waals surface area contributed by atoms with Crippen molar-refractivity contribution < 1.29 is 9.53 Å². The lowest BCUT2D eigenvalue weighted by atomic mass is 10.0. The molecule has 0 aromatic heterocycles. The molecule has 1 fully saturated rings. The van der Waals surface area contributed by atoms with Crippen LogP contribution in [-0.4, -0.2) is 30.1 Å². The standard InChI is InChI=1S/C22H27N3O2/c1-16(18-9-10-25(13-18)12-17-5-3-2-4-6-17)23-22(26)24-21-8-7-19-14-27-15-20(19)11-21/h2-8,11,16,18H,9-10,12-15H2,1H3,(H2,23,24,26)/t16-,18+/m0/s1. The van der Waals surface area contributed by atoms with Gasteiger partial charge in [0.1, 0.15) is 0 Å². The molecule has 0 bridgehead atoms. The summed E-state index contributed by atoms with van der Waals surface area (Å²) in [5, 5.41) is 6.07. The molecule has 2 heterocycles. The van der Waals surface area contributed by atoms with E-state index >= 15 is 0 Å². The number of ether oxygens (including phenoxy) is 1. The number of benzene rings is 2. The molecule has 5 heteroatoms. The van der Waals surface area contributed by atoms with E-state index in [1.54, 1.807) is 0 Å². The smallest absolute Gasteiger partial charge is 0.319 e. The molecule has 5 nitrogen and oxygen atoms in total. The Labute approximate surface area is 160 Å². The number of nitrogens with one attached hydrogen (secondary N) is 2. The van der Waals surface area contributed by atoms with Gasteiger partial charge >= 0.3 is 6.03 Å². The molecule has 2 aliphatic rings. The van der Waals surface area contributed by atoms with Crippen LogP contribution in [0.5, 0.6) is 0 Å². The van der Waals surface area contributed by atoms with E-state index < -0.39 is 0 Å². The maximum absolute atomic E-state index is 12.4. The Morgan fingerprint density at radius 1 is 1.19 bits per heavy atom. The molecule has 2 aliphatic heterocycles. The van der Waals surface area contributed by atoms with E-state index in [0.717, 1.165) is 37.3 Å². The van der Waals surface area contributed by atoms with Crippen LogP contribution in [-0.2, 0) is 24.5 Å². The number of urea groups is 1. The fraction of sp³-hybridized carbons (Fsp3) is 0.409. The molecule has 2 aromatic rings. The summed E-state index contributed by atoms with van der Waals surface area (Å²) in [6.07, 6.45) is 1.12. The van der Waals surface area contributed by atoms with Gasteiger partial charge in [-0.05, 0) is 54.6 Å². The summed E-state index contributed by atoms with van der Waals surface area (Å²) in [5.74, 6) is 0.480. The number of amides is 2. The van der Waals surface area contributed by atoms with Crippen molar-refractivity contribution in [1.29, 1.82) is 0 Å². The normalized spacial score (nSPS) is 20.3. The Bertz CT molecular complexity index is 793. The SMILES string of the molecule is C[C@H](NC(=O)Nc1ccc2c(c1)COC2)[C@@H]1CCN(Cc2ccccc2)C1. The van der Waals surface area contributed by atoms with E-state index in [1.807, 2.05) is 18.2 Å². The second-order valence-electron chi connectivity index (χ2n) is 7.63. The molecule has 142 valence electrons. The highest BCUT2D eigenvalue weighted by Gasteiger charge is 2.28. The van der Waals surface area contributed by atoms with Crippen LogP contribution in [0, 0.1) is 5.92 Å². The first kappa shape index (κ1) is 18.0. The van der Waals surface area contributed by atoms with Gasteiger partial charge in [-0.3, -0.25) is 4.90 Å². The van der Waals surface area contributed by atoms with Crippen LogP contribution >= 0.6 is 0 Å². The summed E-state index contributed by atoms with van der Waals surface area (Å²) in [6.45, 7) is 6.48. The maximum atomic E-state index is 12.4. The Balaban J connectivity index is 1.26. The molecule has 1 saturated heterocycles. The molecule has 2 amide bonds. The van der Waals surface area contributed by atoms with Crippen LogP contribution in [0.3, 0.4) is 0 Å². The topological polar surface area (TPSA) is 53.6 Å². The summed E-state index contributed by atoms with van der Waals surface area (Å²) in [4.78, 5) is 14.9. The third-order valence-electron chi connectivity index (χ3n) is 5.60. The largest absolute Gasteiger partial charge is 0.372 e. The Hall–Kier alpha value is -2.37. The quantitative estimate of drug-likeness (QED) is 0.848. The fourth-order valence-electron chi connectivity index (χ4n) is 4.00. The first-order chi connectivity index (χ1) is 13.2. The molecule has 0 spiro atoms. The monoisotopic (exact) mass is 365 g/mol. The minimum Gasteiger partial charge on any atom is -0.372 e. The average Bonchev–Trinajstić information content (AvgIpc) is 3.31. The maximum Gasteiger partial charge on any atom is 0.319 e. The van der Waals surface area contributed by atoms with Gasteiger partial charge in [0, 0.05) is 24.8 Å². The molecule has 0 saturated carbocycles. The number of hydrogen-bond acceptors (Lipinski definition) is 3. The number of nitrogens with zero attached hydrogens (tertiary/aromatic N) is 1. The zero-order valence-electron chi connectivity index (χ0n) is 15.8. The summed E-state index contributed by atoms with van der Waals surface area (Å²) in [5.41, 5.74) is 4.53. The van der Waals surface area contributed by atoms with Crippen molar-refractivity contribution in [3.05, 3.63) is 65.2 Å². The summed E-state index contributed by atoms with van der Waals surface area (Å²) < 4.78 is 5.43. The molecule has 4 rings (SSSR count). The van der Waals surface area contributed by atoms with Crippen molar-refractivity contribution >= 4 is 11.7 Å². The molecule has 0 radical (unpaired) electrons. The minimum atomic E-state index is -0.136. The highest BCUT2D eigenvalue weighted by Crippen LogP contribution is 2.24. The van der Waals surface area contributed by atoms with Crippen molar-refractivity contribution in [3.8, 4) is 0 Å². The molecule has 2 N–H and O–H groups in total. The number of rotatable bonds is 5. The Kier molecular flexibility index (Phi) is 5.41. The highest BCUT2D eigenvalue weighted by molar-refractivity contribution is 5.89. The van der Waals surface area contributed by atoms with Crippen molar-refractivity contribution in [2.45, 2.75) is 39.1 Å². The third-order valence-corrected chi connectivity index (χ3v) is 5.60. The van der Waals surface area contributed by atoms with Crippen LogP contribution < -0.4 is 10.6 Å². The second-order valence-corrected chi connectivity index (χ2v) is 7.63. The van der Waals surface area contributed by atoms with Crippen LogP contribution in [0.2, 0.25) is 0 Å². The molecule has 0 aliphatic carbocycles. The van der Waals surface area contributed by atoms with Crippen molar-refractivity contribution in [2.75, 3.05) is 18.4 Å². The first-order valence-corrected chi connectivity index (χ1v) is 9.71. The van der Waals surface area contributed by atoms with E-state index in [0.29, 0.717) is 19.1 Å². The van der Waals surface area contributed by atoms with E-state index in [2.05, 4.69) is 52.8 Å². The number of hydrogen-bond donors (Lipinski definition) is 2. The zero-order chi connectivity index (χ0) is 18.6. The van der Waals surface area contributed by atoms with Crippen LogP contribution in [0.1, 0.15) is 30.0 Å². The van der Waals surface area contributed by atoms with E-state index in [-0.39, 0.29) is 12.1 Å². The number of carbonyl (C=O) groups is 1. The highest BCUT2D eigenvalue weighted by atomic mass is 16.5. The van der Waals surface area contributed by atoms with Gasteiger partial charge in [0.25, 0.3) is 0 Å². The van der Waals surface area contributed by atoms with Crippen molar-refractivity contribution in [3.63, 3.8) is 0 Å². The van der Waals surface area contributed by atoms with Gasteiger partial charge in [0.2, 0.25) is 0 Å². The molecular weight excluding hydrogens is 338 g/mol. The van der Waals surface area contributed by atoms with Crippen LogP contribution in [0.4, 0.5) is 10.5 Å². The van der Waals surface area contributed by atoms with Gasteiger partial charge < -0.3 is 15.4 Å². The summed E-state index contributed by atoms with van der Waals surface area (Å²) >= 11 is 0. The van der Waals surface area contributed by atoms with Crippen LogP contribution in [0.15, 0.2) is 48.5 Å². The zero-order valence-corrected chi connectivity index (χ0v) is 15.8. The number of fused-ring (bicyclic) bond motifs is 1. The molecule has 2 aromatic carbocycles. The minimum absolute atomic E-state index is 0.136. The third kappa shape index (κ3) is 4.49. The van der Waals surface area contributed by atoms with Crippen LogP contribution in [0.25, 0.3) is 0 Å². The lowest BCUT2D eigenvalue weighted by Crippen LogP contribution is -2.41. The van der Waals surface area contributed by atoms with E-state index in [9.17, 15) is 4.79 Å². The van der Waals surface area contributed by atoms with Crippen molar-refractivity contribution in [1.82, 2.24) is 10.2 Å². The number of likely N-dealkylation sites (tertiary alicyclic amines) is 1. The van der Waals surface area contributed by atoms with Gasteiger partial charge in [-0.15, -0.1) is 0 Å². The molecule has 27 heavy (non-hydrogen) atoms. The Morgan fingerprint density at radius 2 is 2.00 bits per heavy atom. The predicted octanol–water partition coefficient (Wildman–Crippen LogP) is 3.75. The second kappa shape index (κ2) is 8.11. The van der Waals surface area contributed by atoms with E-state index in [1.165, 1.54) is 11.1 Å². The van der Waals surface area contributed by atoms with Gasteiger partial charge in [-0.25, -0.2) is 4.79 Å². The van der Waals surface area contributed by atoms with Gasteiger partial charge in [0.15, 0.2) is 0 Å². The molecular formula is C22H27N3O2. The molecule has 0 unspecified atom stereocenters.